The molecule has 0 spiro atoms. The van der Waals surface area contributed by atoms with Gasteiger partial charge in [0.25, 0.3) is 10.0 Å². The van der Waals surface area contributed by atoms with E-state index in [-0.39, 0.29) is 9.46 Å². The van der Waals surface area contributed by atoms with Crippen LogP contribution in [0.3, 0.4) is 0 Å². The fraction of sp³-hybridized carbons (Fsp3) is 0.444. The van der Waals surface area contributed by atoms with Crippen LogP contribution in [0.15, 0.2) is 16.3 Å². The third-order valence-electron chi connectivity index (χ3n) is 1.94. The normalized spacial score (nSPS) is 13.4. The van der Waals surface area contributed by atoms with Gasteiger partial charge in [0.15, 0.2) is 0 Å². The van der Waals surface area contributed by atoms with Gasteiger partial charge in [-0.3, -0.25) is 4.79 Å². The van der Waals surface area contributed by atoms with Crippen molar-refractivity contribution in [1.29, 1.82) is 0 Å². The quantitative estimate of drug-likeness (QED) is 0.909. The molecule has 0 unspecified atom stereocenters. The fourth-order valence-electron chi connectivity index (χ4n) is 0.929. The van der Waals surface area contributed by atoms with Crippen molar-refractivity contribution in [2.24, 2.45) is 0 Å². The van der Waals surface area contributed by atoms with E-state index in [2.05, 4.69) is 4.72 Å². The van der Waals surface area contributed by atoms with E-state index in [1.54, 1.807) is 19.2 Å². The van der Waals surface area contributed by atoms with E-state index >= 15 is 0 Å². The first kappa shape index (κ1) is 13.5. The largest absolute Gasteiger partial charge is 0.273 e. The van der Waals surface area contributed by atoms with E-state index in [0.717, 1.165) is 16.2 Å². The zero-order valence-corrected chi connectivity index (χ0v) is 11.6. The second-order valence-electron chi connectivity index (χ2n) is 3.21. The average Bonchev–Trinajstić information content (AvgIpc) is 2.63. The smallest absolute Gasteiger partial charge is 0.273 e. The Morgan fingerprint density at radius 1 is 1.50 bits per heavy atom. The first-order chi connectivity index (χ1) is 7.36. The first-order valence-corrected chi connectivity index (χ1v) is 8.11. The minimum absolute atomic E-state index is 0.173. The second-order valence-corrected chi connectivity index (χ2v) is 7.59. The molecule has 1 N–H and O–H groups in total. The van der Waals surface area contributed by atoms with Crippen LogP contribution in [0, 0.1) is 6.92 Å². The number of rotatable bonds is 4. The molecule has 0 aliphatic heterocycles. The van der Waals surface area contributed by atoms with Gasteiger partial charge in [-0.1, -0.05) is 0 Å². The standard InChI is InChI=1S/C9H13NO3S3/c1-6-4-5-8(15-6)16(12,13)10-9(11)7(2)14-3/h4-5,7H,1-3H3,(H,10,11)/t7-/m0/s1. The highest BCUT2D eigenvalue weighted by Crippen LogP contribution is 2.20. The average molecular weight is 279 g/mol. The van der Waals surface area contributed by atoms with E-state index in [0.29, 0.717) is 0 Å². The minimum atomic E-state index is -3.69. The highest BCUT2D eigenvalue weighted by molar-refractivity contribution is 8.00. The maximum atomic E-state index is 11.7. The summed E-state index contributed by atoms with van der Waals surface area (Å²) >= 11 is 2.45. The summed E-state index contributed by atoms with van der Waals surface area (Å²) < 4.78 is 25.7. The van der Waals surface area contributed by atoms with Crippen molar-refractivity contribution >= 4 is 39.0 Å². The van der Waals surface area contributed by atoms with Crippen LogP contribution in [0.2, 0.25) is 0 Å². The number of carbonyl (C=O) groups excluding carboxylic acids is 1. The van der Waals surface area contributed by atoms with Gasteiger partial charge in [-0.15, -0.1) is 11.3 Å². The molecule has 0 aliphatic carbocycles. The van der Waals surface area contributed by atoms with Crippen LogP contribution in [0.4, 0.5) is 0 Å². The number of carbonyl (C=O) groups is 1. The highest BCUT2D eigenvalue weighted by Gasteiger charge is 2.22. The molecule has 1 atom stereocenters. The number of sulfonamides is 1. The molecular weight excluding hydrogens is 266 g/mol. The second kappa shape index (κ2) is 5.20. The maximum Gasteiger partial charge on any atom is 0.273 e. The highest BCUT2D eigenvalue weighted by atomic mass is 32.2. The molecule has 0 bridgehead atoms. The van der Waals surface area contributed by atoms with Gasteiger partial charge in [0.05, 0.1) is 5.25 Å². The number of thioether (sulfide) groups is 1. The van der Waals surface area contributed by atoms with Gasteiger partial charge in [0.2, 0.25) is 5.91 Å². The molecule has 4 nitrogen and oxygen atoms in total. The Labute approximate surface area is 103 Å². The summed E-state index contributed by atoms with van der Waals surface area (Å²) in [7, 11) is -3.69. The van der Waals surface area contributed by atoms with Crippen LogP contribution in [0.25, 0.3) is 0 Å². The van der Waals surface area contributed by atoms with Crippen molar-refractivity contribution in [1.82, 2.24) is 4.72 Å². The van der Waals surface area contributed by atoms with Gasteiger partial charge in [0, 0.05) is 4.88 Å². The van der Waals surface area contributed by atoms with Crippen LogP contribution in [-0.4, -0.2) is 25.8 Å². The van der Waals surface area contributed by atoms with Gasteiger partial charge < -0.3 is 0 Å². The number of amides is 1. The zero-order chi connectivity index (χ0) is 12.3. The SMILES string of the molecule is CS[C@@H](C)C(=O)NS(=O)(=O)c1ccc(C)s1. The Hall–Kier alpha value is -0.530. The predicted octanol–water partition coefficient (Wildman–Crippen LogP) is 1.61. The van der Waals surface area contributed by atoms with Crippen LogP contribution >= 0.6 is 23.1 Å². The van der Waals surface area contributed by atoms with Crippen LogP contribution in [0.1, 0.15) is 11.8 Å². The summed E-state index contributed by atoms with van der Waals surface area (Å²) in [5, 5.41) is -0.379. The van der Waals surface area contributed by atoms with Gasteiger partial charge in [-0.25, -0.2) is 13.1 Å². The van der Waals surface area contributed by atoms with Crippen molar-refractivity contribution in [3.8, 4) is 0 Å². The molecule has 90 valence electrons. The van der Waals surface area contributed by atoms with Crippen LogP contribution in [0.5, 0.6) is 0 Å². The van der Waals surface area contributed by atoms with Crippen molar-refractivity contribution in [2.75, 3.05) is 6.26 Å². The Morgan fingerprint density at radius 3 is 2.56 bits per heavy atom. The van der Waals surface area contributed by atoms with E-state index in [1.807, 2.05) is 6.92 Å². The van der Waals surface area contributed by atoms with Gasteiger partial charge in [-0.05, 0) is 32.2 Å². The Kier molecular flexibility index (Phi) is 4.40. The van der Waals surface area contributed by atoms with E-state index in [1.165, 1.54) is 17.8 Å². The number of hydrogen-bond acceptors (Lipinski definition) is 5. The zero-order valence-electron chi connectivity index (χ0n) is 9.18. The molecule has 0 aliphatic rings. The first-order valence-electron chi connectivity index (χ1n) is 4.52. The lowest BCUT2D eigenvalue weighted by molar-refractivity contribution is -0.118. The minimum Gasteiger partial charge on any atom is -0.273 e. The lowest BCUT2D eigenvalue weighted by Gasteiger charge is -2.08. The number of hydrogen-bond donors (Lipinski definition) is 1. The Morgan fingerprint density at radius 2 is 2.12 bits per heavy atom. The molecule has 1 rings (SSSR count). The molecule has 1 aromatic rings. The Balaban J connectivity index is 2.85. The van der Waals surface area contributed by atoms with Crippen molar-refractivity contribution in [3.63, 3.8) is 0 Å². The molecule has 0 saturated heterocycles. The fourth-order valence-corrected chi connectivity index (χ4v) is 3.61. The van der Waals surface area contributed by atoms with Gasteiger partial charge >= 0.3 is 0 Å². The topological polar surface area (TPSA) is 63.2 Å². The van der Waals surface area contributed by atoms with Crippen molar-refractivity contribution in [2.45, 2.75) is 23.3 Å². The molecule has 0 saturated carbocycles. The number of aryl methyl sites for hydroxylation is 1. The summed E-state index contributed by atoms with van der Waals surface area (Å²) in [5.74, 6) is -0.487. The summed E-state index contributed by atoms with van der Waals surface area (Å²) in [6.07, 6.45) is 1.76. The summed E-state index contributed by atoms with van der Waals surface area (Å²) in [6.45, 7) is 3.48. The molecule has 7 heteroatoms. The third kappa shape index (κ3) is 3.23. The van der Waals surface area contributed by atoms with Crippen molar-refractivity contribution in [3.05, 3.63) is 17.0 Å². The molecule has 0 radical (unpaired) electrons. The monoisotopic (exact) mass is 279 g/mol. The lowest BCUT2D eigenvalue weighted by Crippen LogP contribution is -2.35. The van der Waals surface area contributed by atoms with E-state index < -0.39 is 15.9 Å². The predicted molar refractivity (Wildman–Crippen MR) is 67.4 cm³/mol. The van der Waals surface area contributed by atoms with E-state index in [9.17, 15) is 13.2 Å². The third-order valence-corrected chi connectivity index (χ3v) is 5.70. The molecule has 16 heavy (non-hydrogen) atoms. The Bertz CT molecular complexity index is 478. The summed E-state index contributed by atoms with van der Waals surface area (Å²) in [6, 6.07) is 3.21. The number of thiophene rings is 1. The van der Waals surface area contributed by atoms with E-state index in [4.69, 9.17) is 0 Å². The lowest BCUT2D eigenvalue weighted by atomic mass is 10.5. The molecule has 1 aromatic heterocycles. The van der Waals surface area contributed by atoms with Gasteiger partial charge in [0.1, 0.15) is 4.21 Å². The molecular formula is C9H13NO3S3. The molecule has 0 fully saturated rings. The number of nitrogens with one attached hydrogen (secondary N) is 1. The maximum absolute atomic E-state index is 11.7. The van der Waals surface area contributed by atoms with Gasteiger partial charge in [-0.2, -0.15) is 11.8 Å². The molecule has 1 amide bonds. The molecule has 1 heterocycles. The van der Waals surface area contributed by atoms with Crippen molar-refractivity contribution < 1.29 is 13.2 Å². The van der Waals surface area contributed by atoms with Crippen LogP contribution in [-0.2, 0) is 14.8 Å². The molecule has 0 aromatic carbocycles. The van der Waals surface area contributed by atoms with Crippen LogP contribution < -0.4 is 4.72 Å². The summed E-state index contributed by atoms with van der Waals surface area (Å²) in [4.78, 5) is 12.4. The summed E-state index contributed by atoms with van der Waals surface area (Å²) in [5.41, 5.74) is 0.